The second kappa shape index (κ2) is 7.10. The zero-order valence-electron chi connectivity index (χ0n) is 12.5. The fraction of sp³-hybridized carbons (Fsp3) is 0.0556. The Kier molecular flexibility index (Phi) is 4.72. The lowest BCUT2D eigenvalue weighted by Crippen LogP contribution is -2.10. The van der Waals surface area contributed by atoms with Gasteiger partial charge in [-0.15, -0.1) is 0 Å². The van der Waals surface area contributed by atoms with Crippen molar-refractivity contribution in [3.05, 3.63) is 77.2 Å². The van der Waals surface area contributed by atoms with Crippen molar-refractivity contribution in [2.45, 2.75) is 6.61 Å². The number of halogens is 1. The van der Waals surface area contributed by atoms with Crippen LogP contribution in [0.15, 0.2) is 65.1 Å². The summed E-state index contributed by atoms with van der Waals surface area (Å²) in [6.45, 7) is 0.146. The Morgan fingerprint density at radius 2 is 1.83 bits per heavy atom. The first-order valence-corrected chi connectivity index (χ1v) is 7.56. The molecule has 3 aromatic rings. The third-order valence-corrected chi connectivity index (χ3v) is 3.56. The maximum Gasteiger partial charge on any atom is 0.291 e. The summed E-state index contributed by atoms with van der Waals surface area (Å²) in [6, 6.07) is 16.7. The lowest BCUT2D eigenvalue weighted by atomic mass is 10.3. The number of amides is 1. The number of aromatic hydroxyl groups is 1. The van der Waals surface area contributed by atoms with Gasteiger partial charge in [0.1, 0.15) is 23.9 Å². The minimum absolute atomic E-state index is 0.0142. The van der Waals surface area contributed by atoms with Crippen LogP contribution in [0.25, 0.3) is 0 Å². The quantitative estimate of drug-likeness (QED) is 0.670. The topological polar surface area (TPSA) is 71.7 Å². The summed E-state index contributed by atoms with van der Waals surface area (Å²) in [4.78, 5) is 12.1. The molecule has 0 atom stereocenters. The van der Waals surface area contributed by atoms with Crippen LogP contribution in [0.4, 0.5) is 5.69 Å². The number of rotatable bonds is 5. The van der Waals surface area contributed by atoms with Crippen molar-refractivity contribution in [2.24, 2.45) is 0 Å². The average molecular weight is 344 g/mol. The molecule has 0 aliphatic rings. The van der Waals surface area contributed by atoms with E-state index in [1.54, 1.807) is 42.5 Å². The molecule has 5 nitrogen and oxygen atoms in total. The number of ether oxygens (including phenoxy) is 1. The van der Waals surface area contributed by atoms with Gasteiger partial charge in [-0.3, -0.25) is 4.79 Å². The van der Waals surface area contributed by atoms with Crippen LogP contribution in [0.1, 0.15) is 16.3 Å². The number of carbonyl (C=O) groups excluding carboxylic acids is 1. The molecule has 0 saturated heterocycles. The predicted octanol–water partition coefficient (Wildman–Crippen LogP) is 4.47. The van der Waals surface area contributed by atoms with Gasteiger partial charge < -0.3 is 19.6 Å². The molecule has 1 aromatic heterocycles. The van der Waals surface area contributed by atoms with Gasteiger partial charge >= 0.3 is 0 Å². The van der Waals surface area contributed by atoms with E-state index in [1.807, 2.05) is 12.1 Å². The highest BCUT2D eigenvalue weighted by atomic mass is 35.5. The maximum atomic E-state index is 12.1. The van der Waals surface area contributed by atoms with E-state index in [9.17, 15) is 9.90 Å². The molecule has 0 bridgehead atoms. The second-order valence-corrected chi connectivity index (χ2v) is 5.36. The molecule has 0 aliphatic carbocycles. The lowest BCUT2D eigenvalue weighted by Gasteiger charge is -2.06. The van der Waals surface area contributed by atoms with Crippen LogP contribution in [0.2, 0.25) is 5.02 Å². The highest BCUT2D eigenvalue weighted by Gasteiger charge is 2.13. The Labute approximate surface area is 143 Å². The number of carbonyl (C=O) groups is 1. The highest BCUT2D eigenvalue weighted by molar-refractivity contribution is 6.32. The number of benzene rings is 2. The number of furan rings is 1. The zero-order valence-corrected chi connectivity index (χ0v) is 13.3. The molecule has 0 spiro atoms. The fourth-order valence-corrected chi connectivity index (χ4v) is 2.24. The van der Waals surface area contributed by atoms with Crippen LogP contribution in [0, 0.1) is 0 Å². The Hall–Kier alpha value is -2.92. The Morgan fingerprint density at radius 3 is 2.62 bits per heavy atom. The Balaban J connectivity index is 1.64. The summed E-state index contributed by atoms with van der Waals surface area (Å²) < 4.78 is 11.0. The molecule has 0 aliphatic heterocycles. The molecule has 122 valence electrons. The fourth-order valence-electron chi connectivity index (χ4n) is 2.05. The first kappa shape index (κ1) is 16.0. The van der Waals surface area contributed by atoms with Crippen LogP contribution in [-0.4, -0.2) is 11.0 Å². The van der Waals surface area contributed by atoms with Gasteiger partial charge in [0, 0.05) is 0 Å². The predicted molar refractivity (Wildman–Crippen MR) is 90.6 cm³/mol. The van der Waals surface area contributed by atoms with E-state index in [-0.39, 0.29) is 18.1 Å². The van der Waals surface area contributed by atoms with E-state index in [4.69, 9.17) is 20.8 Å². The van der Waals surface area contributed by atoms with E-state index in [0.717, 1.165) is 0 Å². The molecule has 1 heterocycles. The largest absolute Gasteiger partial charge is 0.506 e. The first-order valence-electron chi connectivity index (χ1n) is 7.19. The number of phenols is 1. The second-order valence-electron chi connectivity index (χ2n) is 4.96. The van der Waals surface area contributed by atoms with Gasteiger partial charge in [-0.05, 0) is 36.4 Å². The number of anilines is 1. The standard InChI is InChI=1S/C18H14ClNO4/c19-13-5-1-4-8-16(13)23-11-12-9-10-17(24-12)18(22)20-14-6-2-3-7-15(14)21/h1-10,21H,11H2,(H,20,22). The van der Waals surface area contributed by atoms with Crippen LogP contribution in [0.3, 0.4) is 0 Å². The zero-order chi connectivity index (χ0) is 16.9. The molecule has 2 aromatic carbocycles. The molecule has 3 rings (SSSR count). The minimum atomic E-state index is -0.458. The number of phenolic OH excluding ortho intramolecular Hbond substituents is 1. The van der Waals surface area contributed by atoms with Crippen LogP contribution in [0.5, 0.6) is 11.5 Å². The molecule has 1 amide bonds. The van der Waals surface area contributed by atoms with Crippen molar-refractivity contribution in [1.29, 1.82) is 0 Å². The summed E-state index contributed by atoms with van der Waals surface area (Å²) in [5.74, 6) is 0.671. The summed E-state index contributed by atoms with van der Waals surface area (Å²) in [5, 5.41) is 12.7. The van der Waals surface area contributed by atoms with Crippen LogP contribution in [-0.2, 0) is 6.61 Å². The minimum Gasteiger partial charge on any atom is -0.506 e. The maximum absolute atomic E-state index is 12.1. The number of para-hydroxylation sites is 3. The molecular weight excluding hydrogens is 330 g/mol. The molecule has 0 saturated carbocycles. The smallest absolute Gasteiger partial charge is 0.291 e. The van der Waals surface area contributed by atoms with Crippen molar-refractivity contribution in [1.82, 2.24) is 0 Å². The van der Waals surface area contributed by atoms with E-state index >= 15 is 0 Å². The molecule has 6 heteroatoms. The van der Waals surface area contributed by atoms with Gasteiger partial charge in [0.15, 0.2) is 5.76 Å². The van der Waals surface area contributed by atoms with Gasteiger partial charge in [-0.25, -0.2) is 0 Å². The molecule has 0 unspecified atom stereocenters. The van der Waals surface area contributed by atoms with Crippen molar-refractivity contribution in [3.8, 4) is 11.5 Å². The Morgan fingerprint density at radius 1 is 1.08 bits per heavy atom. The number of hydrogen-bond donors (Lipinski definition) is 2. The van der Waals surface area contributed by atoms with Gasteiger partial charge in [-0.2, -0.15) is 0 Å². The normalized spacial score (nSPS) is 10.4. The molecule has 2 N–H and O–H groups in total. The first-order chi connectivity index (χ1) is 11.6. The molecule has 0 radical (unpaired) electrons. The van der Waals surface area contributed by atoms with Crippen LogP contribution >= 0.6 is 11.6 Å². The van der Waals surface area contributed by atoms with Crippen molar-refractivity contribution in [3.63, 3.8) is 0 Å². The van der Waals surface area contributed by atoms with E-state index < -0.39 is 5.91 Å². The highest BCUT2D eigenvalue weighted by Crippen LogP contribution is 2.25. The van der Waals surface area contributed by atoms with E-state index in [2.05, 4.69) is 5.32 Å². The number of hydrogen-bond acceptors (Lipinski definition) is 4. The van der Waals surface area contributed by atoms with Gasteiger partial charge in [0.2, 0.25) is 0 Å². The van der Waals surface area contributed by atoms with Crippen molar-refractivity contribution in [2.75, 3.05) is 5.32 Å². The van der Waals surface area contributed by atoms with Crippen molar-refractivity contribution < 1.29 is 19.1 Å². The van der Waals surface area contributed by atoms with Gasteiger partial charge in [0.25, 0.3) is 5.91 Å². The summed E-state index contributed by atoms with van der Waals surface area (Å²) in [5.41, 5.74) is 0.313. The van der Waals surface area contributed by atoms with Gasteiger partial charge in [0.05, 0.1) is 10.7 Å². The summed E-state index contributed by atoms with van der Waals surface area (Å²) in [6.07, 6.45) is 0. The van der Waals surface area contributed by atoms with E-state index in [0.29, 0.717) is 22.2 Å². The third-order valence-electron chi connectivity index (χ3n) is 3.24. The average Bonchev–Trinajstić information content (AvgIpc) is 3.05. The third kappa shape index (κ3) is 3.70. The molecular formula is C18H14ClNO4. The van der Waals surface area contributed by atoms with Crippen LogP contribution < -0.4 is 10.1 Å². The molecule has 0 fully saturated rings. The Bertz CT molecular complexity index is 859. The summed E-state index contributed by atoms with van der Waals surface area (Å²) in [7, 11) is 0. The SMILES string of the molecule is O=C(Nc1ccccc1O)c1ccc(COc2ccccc2Cl)o1. The van der Waals surface area contributed by atoms with E-state index in [1.165, 1.54) is 6.07 Å². The molecule has 24 heavy (non-hydrogen) atoms. The number of nitrogens with one attached hydrogen (secondary N) is 1. The van der Waals surface area contributed by atoms with Gasteiger partial charge in [-0.1, -0.05) is 35.9 Å². The summed E-state index contributed by atoms with van der Waals surface area (Å²) >= 11 is 6.01. The monoisotopic (exact) mass is 343 g/mol. The lowest BCUT2D eigenvalue weighted by molar-refractivity contribution is 0.0992. The van der Waals surface area contributed by atoms with Crippen molar-refractivity contribution >= 4 is 23.2 Å².